The molecule has 0 spiro atoms. The first kappa shape index (κ1) is 33.2. The Morgan fingerprint density at radius 1 is 1.02 bits per heavy atom. The van der Waals surface area contributed by atoms with Crippen LogP contribution < -0.4 is 15.8 Å². The van der Waals surface area contributed by atoms with Gasteiger partial charge in [0.1, 0.15) is 23.4 Å². The van der Waals surface area contributed by atoms with Crippen molar-refractivity contribution >= 4 is 18.0 Å². The number of benzene rings is 2. The molecule has 14 heteroatoms. The van der Waals surface area contributed by atoms with Crippen LogP contribution in [0.15, 0.2) is 72.9 Å². The molecule has 238 valence electrons. The molecule has 0 bridgehead atoms. The Morgan fingerprint density at radius 2 is 1.70 bits per heavy atom. The van der Waals surface area contributed by atoms with Crippen LogP contribution in [0.4, 0.5) is 23.9 Å². The number of nitrogen functional groups attached to an aromatic ring is 1. The number of carbonyl (C=O) groups is 2. The van der Waals surface area contributed by atoms with Crippen molar-refractivity contribution in [1.82, 2.24) is 20.3 Å². The molecule has 46 heavy (non-hydrogen) atoms. The van der Waals surface area contributed by atoms with Crippen LogP contribution in [0.3, 0.4) is 0 Å². The number of halogens is 3. The number of nitrogens with zero attached hydrogens (tertiary/aromatic N) is 4. The molecule has 2 aromatic carbocycles. The van der Waals surface area contributed by atoms with E-state index in [0.29, 0.717) is 16.7 Å². The molecular weight excluding hydrogens is 605 g/mol. The fraction of sp³-hybridized carbons (Fsp3) is 0.250. The van der Waals surface area contributed by atoms with Crippen LogP contribution in [0.1, 0.15) is 43.7 Å². The Morgan fingerprint density at radius 3 is 2.28 bits per heavy atom. The molecule has 0 aliphatic carbocycles. The maximum absolute atomic E-state index is 14.5. The lowest BCUT2D eigenvalue weighted by Gasteiger charge is -2.24. The Balaban J connectivity index is 1.59. The van der Waals surface area contributed by atoms with Crippen molar-refractivity contribution in [3.05, 3.63) is 89.7 Å². The number of amides is 1. The number of hydrogen-bond acceptors (Lipinski definition) is 9. The van der Waals surface area contributed by atoms with Crippen molar-refractivity contribution in [2.75, 3.05) is 5.73 Å². The quantitative estimate of drug-likeness (QED) is 0.202. The highest BCUT2D eigenvalue weighted by Crippen LogP contribution is 2.41. The Hall–Kier alpha value is -5.71. The van der Waals surface area contributed by atoms with Gasteiger partial charge in [-0.1, -0.05) is 48.5 Å². The third-order valence-corrected chi connectivity index (χ3v) is 6.37. The monoisotopic (exact) mass is 634 g/mol. The molecule has 4 aromatic rings. The fourth-order valence-electron chi connectivity index (χ4n) is 4.38. The Labute approximate surface area is 261 Å². The molecule has 4 N–H and O–H groups in total. The van der Waals surface area contributed by atoms with E-state index in [2.05, 4.69) is 20.3 Å². The van der Waals surface area contributed by atoms with E-state index in [-0.39, 0.29) is 34.9 Å². The summed E-state index contributed by atoms with van der Waals surface area (Å²) in [6, 6.07) is 16.8. The molecule has 2 aromatic heterocycles. The largest absolute Gasteiger partial charge is 0.480 e. The lowest BCUT2D eigenvalue weighted by atomic mass is 9.96. The van der Waals surface area contributed by atoms with Crippen LogP contribution in [0, 0.1) is 11.3 Å². The molecule has 0 fully saturated rings. The van der Waals surface area contributed by atoms with E-state index in [1.807, 2.05) is 6.07 Å². The standard InChI is InChI=1S/C32H29F3N6O5/c1-31(2,3)46-30(44)40-25(28(42)43)14-18-8-10-19(11-9-18)24-15-26(41-29(37)39-24)45-27(32(33,34)35)23-7-5-4-6-22(23)20-12-13-21(16-36)38-17-20/h4-13,15,17,25,27H,14H2,1-3H3,(H,40,44)(H,42,43)(H2,37,39,41)/t25?,27-/m0/s1. The van der Waals surface area contributed by atoms with Crippen molar-refractivity contribution in [2.24, 2.45) is 0 Å². The summed E-state index contributed by atoms with van der Waals surface area (Å²) in [7, 11) is 0. The Bertz CT molecular complexity index is 1750. The van der Waals surface area contributed by atoms with Crippen molar-refractivity contribution in [2.45, 2.75) is 51.1 Å². The van der Waals surface area contributed by atoms with Crippen LogP contribution >= 0.6 is 0 Å². The Kier molecular flexibility index (Phi) is 9.75. The number of aliphatic carboxylic acids is 1. The molecule has 4 rings (SSSR count). The number of nitrogens with two attached hydrogens (primary N) is 1. The lowest BCUT2D eigenvalue weighted by molar-refractivity contribution is -0.198. The number of alkyl halides is 3. The highest BCUT2D eigenvalue weighted by molar-refractivity contribution is 5.80. The number of ether oxygens (including phenoxy) is 2. The van der Waals surface area contributed by atoms with Crippen molar-refractivity contribution in [3.8, 4) is 34.3 Å². The summed E-state index contributed by atoms with van der Waals surface area (Å²) in [6.07, 6.45) is -6.97. The van der Waals surface area contributed by atoms with E-state index in [0.717, 1.165) is 0 Å². The molecule has 11 nitrogen and oxygen atoms in total. The fourth-order valence-corrected chi connectivity index (χ4v) is 4.38. The van der Waals surface area contributed by atoms with E-state index in [1.165, 1.54) is 42.6 Å². The summed E-state index contributed by atoms with van der Waals surface area (Å²) in [6.45, 7) is 4.94. The lowest BCUT2D eigenvalue weighted by Crippen LogP contribution is -2.44. The number of carbonyl (C=O) groups excluding carboxylic acids is 1. The number of hydrogen-bond donors (Lipinski definition) is 3. The summed E-state index contributed by atoms with van der Waals surface area (Å²) in [5, 5.41) is 20.9. The van der Waals surface area contributed by atoms with E-state index >= 15 is 0 Å². The van der Waals surface area contributed by atoms with Crippen LogP contribution in [-0.2, 0) is 16.0 Å². The number of nitriles is 1. The third-order valence-electron chi connectivity index (χ3n) is 6.37. The summed E-state index contributed by atoms with van der Waals surface area (Å²) in [5.41, 5.74) is 6.61. The van der Waals surface area contributed by atoms with E-state index in [4.69, 9.17) is 20.5 Å². The number of alkyl carbamates (subject to hydrolysis) is 1. The van der Waals surface area contributed by atoms with Crippen LogP contribution in [0.5, 0.6) is 5.88 Å². The average Bonchev–Trinajstić information content (AvgIpc) is 2.98. The van der Waals surface area contributed by atoms with E-state index in [1.54, 1.807) is 51.1 Å². The minimum absolute atomic E-state index is 0.0729. The maximum Gasteiger partial charge on any atom is 0.429 e. The van der Waals surface area contributed by atoms with Gasteiger partial charge >= 0.3 is 18.2 Å². The first-order chi connectivity index (χ1) is 21.6. The van der Waals surface area contributed by atoms with Gasteiger partial charge in [-0.3, -0.25) is 0 Å². The predicted molar refractivity (Wildman–Crippen MR) is 160 cm³/mol. The van der Waals surface area contributed by atoms with E-state index in [9.17, 15) is 27.9 Å². The van der Waals surface area contributed by atoms with Crippen molar-refractivity contribution < 1.29 is 37.3 Å². The minimum atomic E-state index is -4.87. The molecule has 0 radical (unpaired) electrons. The third kappa shape index (κ3) is 8.69. The molecule has 0 aliphatic rings. The zero-order valence-electron chi connectivity index (χ0n) is 24.9. The molecule has 2 heterocycles. The molecule has 1 amide bonds. The molecule has 0 saturated carbocycles. The molecule has 2 atom stereocenters. The highest BCUT2D eigenvalue weighted by Gasteiger charge is 2.44. The van der Waals surface area contributed by atoms with Gasteiger partial charge < -0.3 is 25.6 Å². The van der Waals surface area contributed by atoms with Gasteiger partial charge in [-0.05, 0) is 44.0 Å². The van der Waals surface area contributed by atoms with Crippen LogP contribution in [0.2, 0.25) is 0 Å². The minimum Gasteiger partial charge on any atom is -0.480 e. The highest BCUT2D eigenvalue weighted by atomic mass is 19.4. The van der Waals surface area contributed by atoms with Crippen molar-refractivity contribution in [1.29, 1.82) is 5.26 Å². The second-order valence-electron chi connectivity index (χ2n) is 11.1. The molecule has 0 saturated heterocycles. The average molecular weight is 635 g/mol. The van der Waals surface area contributed by atoms with Gasteiger partial charge in [0.05, 0.1) is 5.69 Å². The van der Waals surface area contributed by atoms with Gasteiger partial charge in [-0.2, -0.15) is 23.4 Å². The topological polar surface area (TPSA) is 173 Å². The normalized spacial score (nSPS) is 12.8. The number of carboxylic acid groups (broad SMARTS) is 1. The first-order valence-corrected chi connectivity index (χ1v) is 13.8. The first-order valence-electron chi connectivity index (χ1n) is 13.8. The molecule has 0 aliphatic heterocycles. The molecular formula is C32H29F3N6O5. The maximum atomic E-state index is 14.5. The number of anilines is 1. The summed E-state index contributed by atoms with van der Waals surface area (Å²) < 4.78 is 54.0. The SMILES string of the molecule is CC(C)(C)OC(=O)NC(Cc1ccc(-c2cc(O[C@@H](c3ccccc3-c3ccc(C#N)nc3)C(F)(F)F)nc(N)n2)cc1)C(=O)O. The smallest absolute Gasteiger partial charge is 0.429 e. The second kappa shape index (κ2) is 13.5. The zero-order chi connectivity index (χ0) is 33.6. The summed E-state index contributed by atoms with van der Waals surface area (Å²) in [4.78, 5) is 35.8. The predicted octanol–water partition coefficient (Wildman–Crippen LogP) is 5.86. The van der Waals surface area contributed by atoms with Gasteiger partial charge in [0, 0.05) is 35.4 Å². The number of nitrogens with one attached hydrogen (secondary N) is 1. The molecule has 1 unspecified atom stereocenters. The van der Waals surface area contributed by atoms with Crippen LogP contribution in [-0.4, -0.2) is 49.9 Å². The van der Waals surface area contributed by atoms with E-state index < -0.39 is 41.9 Å². The van der Waals surface area contributed by atoms with Gasteiger partial charge in [-0.15, -0.1) is 0 Å². The number of carboxylic acids is 1. The second-order valence-corrected chi connectivity index (χ2v) is 11.1. The number of pyridine rings is 1. The summed E-state index contributed by atoms with van der Waals surface area (Å²) in [5.74, 6) is -2.04. The number of rotatable bonds is 9. The number of aromatic nitrogens is 3. The van der Waals surface area contributed by atoms with Gasteiger partial charge in [-0.25, -0.2) is 19.6 Å². The van der Waals surface area contributed by atoms with Gasteiger partial charge in [0.25, 0.3) is 0 Å². The van der Waals surface area contributed by atoms with Gasteiger partial charge in [0.15, 0.2) is 0 Å². The van der Waals surface area contributed by atoms with Crippen LogP contribution in [0.25, 0.3) is 22.4 Å². The van der Waals surface area contributed by atoms with Gasteiger partial charge in [0.2, 0.25) is 17.9 Å². The summed E-state index contributed by atoms with van der Waals surface area (Å²) >= 11 is 0. The van der Waals surface area contributed by atoms with Crippen molar-refractivity contribution in [3.63, 3.8) is 0 Å². The zero-order valence-corrected chi connectivity index (χ0v) is 24.9.